The first-order chi connectivity index (χ1) is 10.1. The monoisotopic (exact) mass is 289 g/mol. The van der Waals surface area contributed by atoms with Gasteiger partial charge in [-0.3, -0.25) is 9.89 Å². The Bertz CT molecular complexity index is 566. The van der Waals surface area contributed by atoms with Crippen LogP contribution in [-0.2, 0) is 11.2 Å². The quantitative estimate of drug-likeness (QED) is 0.864. The maximum absolute atomic E-state index is 12.7. The van der Waals surface area contributed by atoms with Gasteiger partial charge in [0, 0.05) is 30.5 Å². The van der Waals surface area contributed by atoms with Gasteiger partial charge in [-0.1, -0.05) is 12.8 Å². The molecule has 0 aromatic carbocycles. The third-order valence-electron chi connectivity index (χ3n) is 5.44. The number of hydrogen-bond donors (Lipinski definition) is 1. The van der Waals surface area contributed by atoms with Crippen LogP contribution < -0.4 is 0 Å². The molecule has 21 heavy (non-hydrogen) atoms. The third-order valence-corrected chi connectivity index (χ3v) is 5.44. The number of aromatic amines is 1. The number of hydrogen-bond acceptors (Lipinski definition) is 3. The van der Waals surface area contributed by atoms with E-state index >= 15 is 0 Å². The van der Waals surface area contributed by atoms with Crippen molar-refractivity contribution in [3.63, 3.8) is 0 Å². The van der Waals surface area contributed by atoms with Crippen LogP contribution in [0.2, 0.25) is 0 Å². The van der Waals surface area contributed by atoms with Gasteiger partial charge in [-0.15, -0.1) is 0 Å². The van der Waals surface area contributed by atoms with E-state index in [9.17, 15) is 4.79 Å². The van der Waals surface area contributed by atoms with E-state index in [-0.39, 0.29) is 18.1 Å². The fourth-order valence-electron chi connectivity index (χ4n) is 4.35. The van der Waals surface area contributed by atoms with Gasteiger partial charge in [0.05, 0.1) is 17.9 Å². The number of rotatable bonds is 1. The number of amides is 1. The zero-order chi connectivity index (χ0) is 14.6. The number of nitrogens with zero attached hydrogens (tertiary/aromatic N) is 2. The summed E-state index contributed by atoms with van der Waals surface area (Å²) in [6.07, 6.45) is 6.15. The largest absolute Gasteiger partial charge is 0.369 e. The number of likely N-dealkylation sites (tertiary alicyclic amines) is 1. The first-order valence-electron chi connectivity index (χ1n) is 8.10. The molecular weight excluding hydrogens is 266 g/mol. The summed E-state index contributed by atoms with van der Waals surface area (Å²) >= 11 is 0. The van der Waals surface area contributed by atoms with Crippen LogP contribution in [0.1, 0.15) is 67.4 Å². The van der Waals surface area contributed by atoms with Crippen molar-refractivity contribution in [2.24, 2.45) is 5.41 Å². The summed E-state index contributed by atoms with van der Waals surface area (Å²) in [5.41, 5.74) is 3.11. The molecule has 1 spiro atoms. The molecular formula is C16H23N3O2. The highest BCUT2D eigenvalue weighted by molar-refractivity contribution is 5.94. The Kier molecular flexibility index (Phi) is 2.89. The van der Waals surface area contributed by atoms with Gasteiger partial charge >= 0.3 is 0 Å². The second-order valence-corrected chi connectivity index (χ2v) is 7.13. The summed E-state index contributed by atoms with van der Waals surface area (Å²) in [4.78, 5) is 14.7. The molecule has 114 valence electrons. The molecule has 2 fully saturated rings. The number of aromatic nitrogens is 2. The van der Waals surface area contributed by atoms with Crippen LogP contribution in [0.3, 0.4) is 0 Å². The van der Waals surface area contributed by atoms with Crippen LogP contribution in [-0.4, -0.2) is 40.2 Å². The molecule has 1 aromatic heterocycles. The number of H-pyrrole nitrogens is 1. The molecule has 0 unspecified atom stereocenters. The smallest absolute Gasteiger partial charge is 0.274 e. The van der Waals surface area contributed by atoms with Gasteiger partial charge in [-0.25, -0.2) is 0 Å². The first-order valence-corrected chi connectivity index (χ1v) is 8.10. The van der Waals surface area contributed by atoms with Crippen LogP contribution in [0.15, 0.2) is 0 Å². The van der Waals surface area contributed by atoms with Crippen LogP contribution in [0.5, 0.6) is 0 Å². The Labute approximate surface area is 125 Å². The van der Waals surface area contributed by atoms with E-state index in [1.807, 2.05) is 11.8 Å². The number of carbonyl (C=O) groups is 1. The van der Waals surface area contributed by atoms with Crippen molar-refractivity contribution in [1.82, 2.24) is 15.1 Å². The summed E-state index contributed by atoms with van der Waals surface area (Å²) in [5.74, 6) is 0.103. The molecule has 3 aliphatic rings. The number of nitrogens with one attached hydrogen (secondary N) is 1. The minimum atomic E-state index is -0.00429. The van der Waals surface area contributed by atoms with E-state index < -0.39 is 0 Å². The van der Waals surface area contributed by atoms with Crippen molar-refractivity contribution < 1.29 is 9.53 Å². The average molecular weight is 289 g/mol. The highest BCUT2D eigenvalue weighted by Gasteiger charge is 2.47. The van der Waals surface area contributed by atoms with Gasteiger partial charge in [0.25, 0.3) is 5.91 Å². The van der Waals surface area contributed by atoms with Gasteiger partial charge < -0.3 is 9.64 Å². The predicted molar refractivity (Wildman–Crippen MR) is 78.1 cm³/mol. The molecule has 1 amide bonds. The van der Waals surface area contributed by atoms with E-state index in [0.29, 0.717) is 11.1 Å². The molecule has 2 aliphatic heterocycles. The normalized spacial score (nSPS) is 30.3. The lowest BCUT2D eigenvalue weighted by molar-refractivity contribution is -0.00753. The fourth-order valence-corrected chi connectivity index (χ4v) is 4.35. The minimum absolute atomic E-state index is 0.00429. The Balaban J connectivity index is 1.54. The topological polar surface area (TPSA) is 58.2 Å². The molecule has 4 rings (SSSR count). The van der Waals surface area contributed by atoms with Crippen molar-refractivity contribution in [1.29, 1.82) is 0 Å². The molecule has 2 atom stereocenters. The summed E-state index contributed by atoms with van der Waals surface area (Å²) in [7, 11) is 0. The molecule has 0 bridgehead atoms. The Hall–Kier alpha value is -1.36. The van der Waals surface area contributed by atoms with Crippen molar-refractivity contribution in [2.75, 3.05) is 13.1 Å². The third kappa shape index (κ3) is 2.01. The molecule has 1 saturated heterocycles. The Morgan fingerprint density at radius 1 is 1.33 bits per heavy atom. The lowest BCUT2D eigenvalue weighted by Gasteiger charge is -2.48. The van der Waals surface area contributed by atoms with Crippen LogP contribution >= 0.6 is 0 Å². The lowest BCUT2D eigenvalue weighted by Crippen LogP contribution is -2.57. The summed E-state index contributed by atoms with van der Waals surface area (Å²) in [6.45, 7) is 5.92. The van der Waals surface area contributed by atoms with E-state index in [4.69, 9.17) is 4.74 Å². The lowest BCUT2D eigenvalue weighted by atomic mass is 9.78. The maximum Gasteiger partial charge on any atom is 0.274 e. The Morgan fingerprint density at radius 3 is 2.76 bits per heavy atom. The van der Waals surface area contributed by atoms with Gasteiger partial charge in [-0.2, -0.15) is 5.10 Å². The maximum atomic E-state index is 12.7. The van der Waals surface area contributed by atoms with Gasteiger partial charge in [-0.05, 0) is 26.7 Å². The van der Waals surface area contributed by atoms with Crippen molar-refractivity contribution in [2.45, 2.75) is 58.2 Å². The standard InChI is InChI=1S/C16H23N3O2/c1-10-7-12-13(11(2)21-10)17-18-14(12)15(20)19-8-16(9-19)5-3-4-6-16/h10-11H,3-9H2,1-2H3,(H,17,18)/t10-,11+/m1/s1. The number of carbonyl (C=O) groups excluding carboxylic acids is 1. The van der Waals surface area contributed by atoms with Crippen molar-refractivity contribution in [3.05, 3.63) is 17.0 Å². The van der Waals surface area contributed by atoms with Gasteiger partial charge in [0.15, 0.2) is 5.69 Å². The van der Waals surface area contributed by atoms with Crippen molar-refractivity contribution in [3.8, 4) is 0 Å². The van der Waals surface area contributed by atoms with Gasteiger partial charge in [0.2, 0.25) is 0 Å². The highest BCUT2D eigenvalue weighted by atomic mass is 16.5. The van der Waals surface area contributed by atoms with Crippen molar-refractivity contribution >= 4 is 5.91 Å². The van der Waals surface area contributed by atoms with E-state index in [1.54, 1.807) is 0 Å². The molecule has 0 radical (unpaired) electrons. The van der Waals surface area contributed by atoms with Gasteiger partial charge in [0.1, 0.15) is 0 Å². The van der Waals surface area contributed by atoms with E-state index in [0.717, 1.165) is 30.8 Å². The SMILES string of the molecule is C[C@@H]1Cc2c(C(=O)N3CC4(CCCC4)C3)n[nH]c2[C@H](C)O1. The second-order valence-electron chi connectivity index (χ2n) is 7.13. The fraction of sp³-hybridized carbons (Fsp3) is 0.750. The Morgan fingerprint density at radius 2 is 2.05 bits per heavy atom. The van der Waals surface area contributed by atoms with E-state index in [2.05, 4.69) is 17.1 Å². The zero-order valence-electron chi connectivity index (χ0n) is 12.8. The van der Waals surface area contributed by atoms with Crippen LogP contribution in [0.25, 0.3) is 0 Å². The number of fused-ring (bicyclic) bond motifs is 1. The molecule has 1 N–H and O–H groups in total. The molecule has 1 saturated carbocycles. The van der Waals surface area contributed by atoms with E-state index in [1.165, 1.54) is 25.7 Å². The van der Waals surface area contributed by atoms with Crippen LogP contribution in [0.4, 0.5) is 0 Å². The molecule has 1 aliphatic carbocycles. The molecule has 5 nitrogen and oxygen atoms in total. The summed E-state index contributed by atoms with van der Waals surface area (Å²) in [6, 6.07) is 0. The second kappa shape index (κ2) is 4.57. The summed E-state index contributed by atoms with van der Waals surface area (Å²) < 4.78 is 5.79. The summed E-state index contributed by atoms with van der Waals surface area (Å²) in [5, 5.41) is 7.32. The highest BCUT2D eigenvalue weighted by Crippen LogP contribution is 2.46. The molecule has 3 heterocycles. The van der Waals surface area contributed by atoms with Crippen LogP contribution in [0, 0.1) is 5.41 Å². The first kappa shape index (κ1) is 13.3. The minimum Gasteiger partial charge on any atom is -0.369 e. The predicted octanol–water partition coefficient (Wildman–Crippen LogP) is 2.45. The molecule has 1 aromatic rings. The molecule has 5 heteroatoms. The average Bonchev–Trinajstić information content (AvgIpc) is 3.02. The zero-order valence-corrected chi connectivity index (χ0v) is 12.8. The number of ether oxygens (including phenoxy) is 1.